The number of carbonyl (C=O) groups is 1. The van der Waals surface area contributed by atoms with Crippen LogP contribution in [0.3, 0.4) is 0 Å². The van der Waals surface area contributed by atoms with Gasteiger partial charge in [-0.25, -0.2) is 0 Å². The number of benzene rings is 8. The van der Waals surface area contributed by atoms with Gasteiger partial charge in [-0.1, -0.05) is 190 Å². The van der Waals surface area contributed by atoms with Gasteiger partial charge in [0, 0.05) is 58.7 Å². The molecule has 0 unspecified atom stereocenters. The van der Waals surface area contributed by atoms with Crippen molar-refractivity contribution in [2.45, 2.75) is 164 Å². The third kappa shape index (κ3) is 23.0. The summed E-state index contributed by atoms with van der Waals surface area (Å²) in [5.41, 5.74) is 35.0. The summed E-state index contributed by atoms with van der Waals surface area (Å²) >= 11 is 51.2. The number of nitrogens with two attached hydrogens (primary N) is 4. The van der Waals surface area contributed by atoms with Gasteiger partial charge in [0.1, 0.15) is 48.8 Å². The number of amides is 1. The summed E-state index contributed by atoms with van der Waals surface area (Å²) in [6.45, 7) is 0.878. The standard InChI is InChI=1S/C79H85Cl8N5O12/c80-55-17-1-47(2-18-55)38-94-46-69-73(97-41-50-7-23-58(83)24-8-50)70(91)76(100-44-53-13-29-61(86)30-14-53)79(103-69)104-72-65(92-78(93)66(33-34-88)95-39-48-3-19-56(81)20-4-48)36-64(90)63(71(72)96-40-49-5-21-57(82)22-6-49)35-67-74(98-42-51-9-25-59(84)26-10-51)77(101-45-54-15-31-62(87)32-16-54)75(68(37-89)102-67)99-43-52-11-27-60(85)28-12-52/h1-32,63-77,79H,33-46,88-91H2,(H,92,93)/t63-,64+,65-,66+,67-,68-,69-,70+,71+,72+,73-,74+,75-,76-,77-,79-/m1/s1. The molecule has 25 heteroatoms. The van der Waals surface area contributed by atoms with Crippen LogP contribution >= 0.6 is 92.8 Å². The van der Waals surface area contributed by atoms with Crippen LogP contribution < -0.4 is 28.3 Å². The molecular weight excluding hydrogens is 1490 g/mol. The molecule has 554 valence electrons. The fraction of sp³-hybridized carbons (Fsp3) is 0.380. The van der Waals surface area contributed by atoms with Crippen molar-refractivity contribution in [2.75, 3.05) is 19.7 Å². The minimum atomic E-state index is -1.34. The number of ether oxygens (including phenoxy) is 11. The van der Waals surface area contributed by atoms with Gasteiger partial charge in [0.25, 0.3) is 0 Å². The van der Waals surface area contributed by atoms with Crippen LogP contribution in [-0.4, -0.2) is 117 Å². The molecule has 3 aliphatic rings. The Morgan fingerprint density at radius 3 is 1.14 bits per heavy atom. The van der Waals surface area contributed by atoms with Crippen LogP contribution in [-0.2, 0) is 110 Å². The average Bonchev–Trinajstić information content (AvgIpc) is 0.768. The van der Waals surface area contributed by atoms with Crippen LogP contribution in [0.25, 0.3) is 0 Å². The lowest BCUT2D eigenvalue weighted by Crippen LogP contribution is -2.68. The number of hydrogen-bond donors (Lipinski definition) is 5. The van der Waals surface area contributed by atoms with Crippen LogP contribution in [0.4, 0.5) is 0 Å². The summed E-state index contributed by atoms with van der Waals surface area (Å²) < 4.78 is 77.8. The number of carbonyl (C=O) groups excluding carboxylic acids is 1. The second-order valence-corrected chi connectivity index (χ2v) is 29.6. The van der Waals surface area contributed by atoms with Crippen LogP contribution in [0.2, 0.25) is 40.2 Å². The summed E-state index contributed by atoms with van der Waals surface area (Å²) in [4.78, 5) is 15.3. The number of rotatable bonds is 34. The van der Waals surface area contributed by atoms with E-state index in [-0.39, 0.29) is 91.8 Å². The lowest BCUT2D eigenvalue weighted by atomic mass is 9.73. The van der Waals surface area contributed by atoms with Gasteiger partial charge in [-0.2, -0.15) is 0 Å². The summed E-state index contributed by atoms with van der Waals surface area (Å²) in [7, 11) is 0. The molecule has 0 aromatic heterocycles. The van der Waals surface area contributed by atoms with E-state index < -0.39 is 103 Å². The lowest BCUT2D eigenvalue weighted by Gasteiger charge is -2.52. The zero-order chi connectivity index (χ0) is 73.1. The molecule has 17 nitrogen and oxygen atoms in total. The molecule has 0 bridgehead atoms. The molecule has 1 saturated carbocycles. The molecule has 16 atom stereocenters. The van der Waals surface area contributed by atoms with E-state index in [1.807, 2.05) is 97.1 Å². The molecule has 9 N–H and O–H groups in total. The van der Waals surface area contributed by atoms with Crippen molar-refractivity contribution < 1.29 is 56.9 Å². The van der Waals surface area contributed by atoms with Gasteiger partial charge < -0.3 is 80.4 Å². The van der Waals surface area contributed by atoms with E-state index in [4.69, 9.17) is 168 Å². The van der Waals surface area contributed by atoms with Crippen molar-refractivity contribution in [3.63, 3.8) is 0 Å². The molecule has 0 radical (unpaired) electrons. The van der Waals surface area contributed by atoms with E-state index in [1.165, 1.54) is 0 Å². The monoisotopic (exact) mass is 1580 g/mol. The molecular formula is C79H85Cl8N5O12. The first-order valence-electron chi connectivity index (χ1n) is 34.4. The minimum absolute atomic E-state index is 0.00921. The van der Waals surface area contributed by atoms with Gasteiger partial charge in [0.2, 0.25) is 5.91 Å². The Balaban J connectivity index is 1.01. The maximum absolute atomic E-state index is 15.3. The SMILES string of the molecule is NCC[C@H](OCc1ccc(Cl)cc1)C(=O)N[C@@H]1C[C@H](N)[C@@H](C[C@H]2O[C@H](CN)[C@@H](OCc3ccc(Cl)cc3)[C@H](OCc3ccc(Cl)cc3)[C@H]2OCc2ccc(Cl)cc2)[C@H](OCc2ccc(Cl)cc2)[C@H]1O[C@H]1O[C@H](COCc2ccc(Cl)cc2)[C@@H](OCc2ccc(Cl)cc2)[C@H](N)[C@H]1OCc1ccc(Cl)cc1. The van der Waals surface area contributed by atoms with Crippen LogP contribution in [0.15, 0.2) is 194 Å². The first-order valence-corrected chi connectivity index (χ1v) is 37.5. The molecule has 8 aromatic rings. The largest absolute Gasteiger partial charge is 0.374 e. The quantitative estimate of drug-likeness (QED) is 0.0252. The highest BCUT2D eigenvalue weighted by molar-refractivity contribution is 6.32. The van der Waals surface area contributed by atoms with E-state index in [0.29, 0.717) is 40.2 Å². The predicted molar refractivity (Wildman–Crippen MR) is 407 cm³/mol. The normalized spacial score (nSPS) is 25.2. The van der Waals surface area contributed by atoms with Gasteiger partial charge in [-0.05, 0) is 167 Å². The van der Waals surface area contributed by atoms with E-state index in [9.17, 15) is 0 Å². The summed E-state index contributed by atoms with van der Waals surface area (Å²) in [6, 6.07) is 55.9. The third-order valence-electron chi connectivity index (χ3n) is 18.7. The highest BCUT2D eigenvalue weighted by atomic mass is 35.5. The van der Waals surface area contributed by atoms with Crippen molar-refractivity contribution in [1.82, 2.24) is 5.32 Å². The Kier molecular flexibility index (Phi) is 30.7. The Morgan fingerprint density at radius 2 is 0.750 bits per heavy atom. The predicted octanol–water partition coefficient (Wildman–Crippen LogP) is 15.3. The van der Waals surface area contributed by atoms with Crippen LogP contribution in [0.1, 0.15) is 63.8 Å². The first-order chi connectivity index (χ1) is 50.4. The molecule has 2 aliphatic heterocycles. The van der Waals surface area contributed by atoms with Crippen LogP contribution in [0, 0.1) is 5.92 Å². The van der Waals surface area contributed by atoms with E-state index in [1.54, 1.807) is 97.1 Å². The zero-order valence-electron chi connectivity index (χ0n) is 56.8. The fourth-order valence-electron chi connectivity index (χ4n) is 13.1. The maximum atomic E-state index is 15.3. The van der Waals surface area contributed by atoms with Crippen LogP contribution in [0.5, 0.6) is 0 Å². The molecule has 11 rings (SSSR count). The third-order valence-corrected chi connectivity index (χ3v) is 20.7. The van der Waals surface area contributed by atoms with Crippen molar-refractivity contribution in [3.05, 3.63) is 279 Å². The number of halogens is 8. The Morgan fingerprint density at radius 1 is 0.404 bits per heavy atom. The minimum Gasteiger partial charge on any atom is -0.374 e. The molecule has 3 fully saturated rings. The molecule has 1 amide bonds. The number of nitrogens with one attached hydrogen (secondary N) is 1. The maximum Gasteiger partial charge on any atom is 0.249 e. The van der Waals surface area contributed by atoms with Crippen molar-refractivity contribution in [3.8, 4) is 0 Å². The summed E-state index contributed by atoms with van der Waals surface area (Å²) in [6.07, 6.45) is -11.2. The van der Waals surface area contributed by atoms with Gasteiger partial charge in [0.15, 0.2) is 6.29 Å². The molecule has 104 heavy (non-hydrogen) atoms. The van der Waals surface area contributed by atoms with Crippen molar-refractivity contribution in [1.29, 1.82) is 0 Å². The van der Waals surface area contributed by atoms with Gasteiger partial charge in [0.05, 0.1) is 89.9 Å². The van der Waals surface area contributed by atoms with E-state index in [2.05, 4.69) is 5.32 Å². The van der Waals surface area contributed by atoms with Gasteiger partial charge >= 0.3 is 0 Å². The highest BCUT2D eigenvalue weighted by Gasteiger charge is 2.55. The molecule has 2 saturated heterocycles. The zero-order valence-corrected chi connectivity index (χ0v) is 62.9. The van der Waals surface area contributed by atoms with Gasteiger partial charge in [-0.15, -0.1) is 0 Å². The first kappa shape index (κ1) is 80.0. The van der Waals surface area contributed by atoms with Crippen molar-refractivity contribution in [2.24, 2.45) is 28.9 Å². The smallest absolute Gasteiger partial charge is 0.249 e. The second-order valence-electron chi connectivity index (χ2n) is 26.1. The second kappa shape index (κ2) is 39.9. The number of hydrogen-bond acceptors (Lipinski definition) is 16. The Bertz CT molecular complexity index is 3910. The summed E-state index contributed by atoms with van der Waals surface area (Å²) in [5, 5.41) is 7.80. The Hall–Kier alpha value is -5.05. The Labute approximate surface area is 647 Å². The summed E-state index contributed by atoms with van der Waals surface area (Å²) in [5.74, 6) is -1.18. The molecule has 2 heterocycles. The highest BCUT2D eigenvalue weighted by Crippen LogP contribution is 2.41. The fourth-order valence-corrected chi connectivity index (χ4v) is 14.2. The van der Waals surface area contributed by atoms with Gasteiger partial charge in [-0.3, -0.25) is 4.79 Å². The topological polar surface area (TPSA) is 235 Å². The molecule has 1 aliphatic carbocycles. The van der Waals surface area contributed by atoms with E-state index in [0.717, 1.165) is 44.5 Å². The average molecular weight is 1580 g/mol. The lowest BCUT2D eigenvalue weighted by molar-refractivity contribution is -0.322. The van der Waals surface area contributed by atoms with Crippen molar-refractivity contribution >= 4 is 98.7 Å². The molecule has 0 spiro atoms. The van der Waals surface area contributed by atoms with E-state index >= 15 is 4.79 Å². The molecule has 8 aromatic carbocycles.